The van der Waals surface area contributed by atoms with Crippen LogP contribution < -0.4 is 5.73 Å². The normalized spacial score (nSPS) is 11.9. The molecule has 0 radical (unpaired) electrons. The van der Waals surface area contributed by atoms with Gasteiger partial charge in [0.25, 0.3) is 0 Å². The van der Waals surface area contributed by atoms with Gasteiger partial charge in [0.2, 0.25) is 0 Å². The molecule has 0 saturated carbocycles. The zero-order chi connectivity index (χ0) is 9.84. The second-order valence-corrected chi connectivity index (χ2v) is 3.15. The van der Waals surface area contributed by atoms with Crippen molar-refractivity contribution < 1.29 is 9.50 Å². The summed E-state index contributed by atoms with van der Waals surface area (Å²) in [6.45, 7) is 1.44. The molecule has 0 aliphatic heterocycles. The molecular weight excluding hydrogens is 205 g/mol. The Hall–Kier alpha value is -0.800. The molecule has 0 aliphatic carbocycles. The summed E-state index contributed by atoms with van der Waals surface area (Å²) >= 11 is 0. The smallest absolute Gasteiger partial charge is 0.120 e. The van der Waals surface area contributed by atoms with Crippen molar-refractivity contribution >= 4 is 12.4 Å². The second-order valence-electron chi connectivity index (χ2n) is 3.15. The Morgan fingerprint density at radius 2 is 2.14 bits per heavy atom. The van der Waals surface area contributed by atoms with Gasteiger partial charge in [-0.15, -0.1) is 12.4 Å². The van der Waals surface area contributed by atoms with E-state index < -0.39 is 12.7 Å². The van der Waals surface area contributed by atoms with Gasteiger partial charge >= 0.3 is 0 Å². The van der Waals surface area contributed by atoms with Crippen molar-refractivity contribution in [1.82, 2.24) is 0 Å². The van der Waals surface area contributed by atoms with Crippen LogP contribution >= 0.6 is 12.4 Å². The summed E-state index contributed by atoms with van der Waals surface area (Å²) in [5, 5.41) is 9.43. The fraction of sp³-hybridized carbons (Fsp3) is 0.400. The molecule has 1 atom stereocenters. The van der Waals surface area contributed by atoms with Crippen molar-refractivity contribution in [1.29, 1.82) is 0 Å². The number of aryl methyl sites for hydroxylation is 1. The maximum Gasteiger partial charge on any atom is 0.120 e. The molecule has 0 aromatic heterocycles. The Morgan fingerprint density at radius 1 is 1.50 bits per heavy atom. The molecule has 0 unspecified atom stereocenters. The van der Waals surface area contributed by atoms with Gasteiger partial charge in [-0.2, -0.15) is 0 Å². The van der Waals surface area contributed by atoms with E-state index in [0.29, 0.717) is 5.56 Å². The molecule has 14 heavy (non-hydrogen) atoms. The number of rotatable bonds is 3. The molecule has 1 rings (SSSR count). The number of halogens is 2. The summed E-state index contributed by atoms with van der Waals surface area (Å²) in [7, 11) is 0. The molecule has 80 valence electrons. The van der Waals surface area contributed by atoms with Gasteiger partial charge in [0.1, 0.15) is 5.75 Å². The molecule has 0 bridgehead atoms. The summed E-state index contributed by atoms with van der Waals surface area (Å²) in [6, 6.07) is 4.75. The molecule has 2 nitrogen and oxygen atoms in total. The lowest BCUT2D eigenvalue weighted by Gasteiger charge is -2.12. The number of phenolic OH excluding ortho intramolecular Hbond substituents is 1. The molecule has 0 heterocycles. The third-order valence-corrected chi connectivity index (χ3v) is 2.00. The number of benzene rings is 1. The first kappa shape index (κ1) is 13.2. The van der Waals surface area contributed by atoms with Crippen molar-refractivity contribution in [3.05, 3.63) is 29.3 Å². The van der Waals surface area contributed by atoms with Crippen LogP contribution in [-0.2, 0) is 0 Å². The van der Waals surface area contributed by atoms with Gasteiger partial charge in [-0.25, -0.2) is 0 Å². The third-order valence-electron chi connectivity index (χ3n) is 2.00. The average molecular weight is 220 g/mol. The van der Waals surface area contributed by atoms with E-state index in [2.05, 4.69) is 0 Å². The Balaban J connectivity index is 0.00000169. The van der Waals surface area contributed by atoms with E-state index in [1.165, 1.54) is 0 Å². The maximum absolute atomic E-state index is 12.0. The van der Waals surface area contributed by atoms with Crippen molar-refractivity contribution in [3.63, 3.8) is 0 Å². The highest BCUT2D eigenvalue weighted by Gasteiger charge is 2.10. The van der Waals surface area contributed by atoms with Crippen molar-refractivity contribution in [2.75, 3.05) is 6.67 Å². The summed E-state index contributed by atoms with van der Waals surface area (Å²) in [6.07, 6.45) is 0.247. The van der Waals surface area contributed by atoms with E-state index in [4.69, 9.17) is 5.73 Å². The molecule has 0 spiro atoms. The average Bonchev–Trinajstić information content (AvgIpc) is 2.09. The van der Waals surface area contributed by atoms with Crippen LogP contribution in [0, 0.1) is 6.92 Å². The lowest BCUT2D eigenvalue weighted by Crippen LogP contribution is -2.11. The first-order valence-electron chi connectivity index (χ1n) is 4.26. The van der Waals surface area contributed by atoms with Gasteiger partial charge in [0.05, 0.1) is 6.67 Å². The fourth-order valence-electron chi connectivity index (χ4n) is 1.24. The Morgan fingerprint density at radius 3 is 2.71 bits per heavy atom. The Kier molecular flexibility index (Phi) is 5.50. The van der Waals surface area contributed by atoms with E-state index in [0.717, 1.165) is 5.56 Å². The van der Waals surface area contributed by atoms with E-state index in [-0.39, 0.29) is 24.6 Å². The van der Waals surface area contributed by atoms with E-state index in [1.807, 2.05) is 6.92 Å². The highest BCUT2D eigenvalue weighted by molar-refractivity contribution is 5.85. The van der Waals surface area contributed by atoms with E-state index >= 15 is 0 Å². The summed E-state index contributed by atoms with van der Waals surface area (Å²) in [5.41, 5.74) is 7.31. The fourth-order valence-corrected chi connectivity index (χ4v) is 1.24. The van der Waals surface area contributed by atoms with E-state index in [1.54, 1.807) is 18.2 Å². The van der Waals surface area contributed by atoms with Crippen LogP contribution in [0.3, 0.4) is 0 Å². The first-order chi connectivity index (χ1) is 6.15. The molecule has 0 saturated heterocycles. The van der Waals surface area contributed by atoms with Gasteiger partial charge in [0, 0.05) is 11.6 Å². The molecule has 0 amide bonds. The van der Waals surface area contributed by atoms with Crippen LogP contribution in [-0.4, -0.2) is 11.8 Å². The quantitative estimate of drug-likeness (QED) is 0.821. The lowest BCUT2D eigenvalue weighted by molar-refractivity contribution is 0.424. The summed E-state index contributed by atoms with van der Waals surface area (Å²) < 4.78 is 12.0. The van der Waals surface area contributed by atoms with Crippen LogP contribution in [0.25, 0.3) is 0 Å². The van der Waals surface area contributed by atoms with Crippen LogP contribution in [0.5, 0.6) is 5.75 Å². The van der Waals surface area contributed by atoms with Crippen LogP contribution in [0.1, 0.15) is 23.6 Å². The predicted octanol–water partition coefficient (Wildman–Crippen LogP) is 2.48. The van der Waals surface area contributed by atoms with Crippen LogP contribution in [0.4, 0.5) is 4.39 Å². The van der Waals surface area contributed by atoms with Gasteiger partial charge in [0.15, 0.2) is 0 Å². The Bertz CT molecular complexity index is 293. The minimum atomic E-state index is -0.464. The molecule has 0 aliphatic rings. The molecule has 1 aromatic carbocycles. The number of aromatic hydroxyl groups is 1. The number of hydrogen-bond acceptors (Lipinski definition) is 2. The van der Waals surface area contributed by atoms with Crippen LogP contribution in [0.15, 0.2) is 18.2 Å². The van der Waals surface area contributed by atoms with Crippen LogP contribution in [0.2, 0.25) is 0 Å². The first-order valence-corrected chi connectivity index (χ1v) is 4.26. The maximum atomic E-state index is 12.0. The minimum absolute atomic E-state index is 0. The zero-order valence-corrected chi connectivity index (χ0v) is 8.85. The summed E-state index contributed by atoms with van der Waals surface area (Å²) in [4.78, 5) is 0. The molecular formula is C10H15ClFNO. The topological polar surface area (TPSA) is 46.2 Å². The van der Waals surface area contributed by atoms with Crippen molar-refractivity contribution in [3.8, 4) is 5.75 Å². The summed E-state index contributed by atoms with van der Waals surface area (Å²) in [5.74, 6) is 0.145. The molecule has 3 N–H and O–H groups in total. The lowest BCUT2D eigenvalue weighted by atomic mass is 10.0. The number of alkyl halides is 1. The van der Waals surface area contributed by atoms with Crippen molar-refractivity contribution in [2.24, 2.45) is 5.73 Å². The number of phenols is 1. The monoisotopic (exact) mass is 219 g/mol. The third kappa shape index (κ3) is 3.16. The number of hydrogen-bond donors (Lipinski definition) is 2. The van der Waals surface area contributed by atoms with Gasteiger partial charge in [-0.3, -0.25) is 4.39 Å². The standard InChI is InChI=1S/C10H14FNO.ClH/c1-7-2-3-10(13)8(6-7)9(12)4-5-11;/h2-3,6,9,13H,4-5,12H2,1H3;1H/t9-;/m0./s1. The highest BCUT2D eigenvalue weighted by atomic mass is 35.5. The molecule has 0 fully saturated rings. The van der Waals surface area contributed by atoms with Crippen molar-refractivity contribution in [2.45, 2.75) is 19.4 Å². The molecule has 4 heteroatoms. The Labute approximate surface area is 89.3 Å². The van der Waals surface area contributed by atoms with Gasteiger partial charge in [-0.05, 0) is 19.4 Å². The van der Waals surface area contributed by atoms with Gasteiger partial charge < -0.3 is 10.8 Å². The van der Waals surface area contributed by atoms with Gasteiger partial charge in [-0.1, -0.05) is 17.7 Å². The molecule has 1 aromatic rings. The highest BCUT2D eigenvalue weighted by Crippen LogP contribution is 2.25. The minimum Gasteiger partial charge on any atom is -0.508 e. The largest absolute Gasteiger partial charge is 0.508 e. The SMILES string of the molecule is Cc1ccc(O)c([C@@H](N)CCF)c1.Cl. The van der Waals surface area contributed by atoms with E-state index in [9.17, 15) is 9.50 Å². The second kappa shape index (κ2) is 5.83. The zero-order valence-electron chi connectivity index (χ0n) is 8.03. The number of nitrogens with two attached hydrogens (primary N) is 1. The predicted molar refractivity (Wildman–Crippen MR) is 57.6 cm³/mol.